The van der Waals surface area contributed by atoms with Crippen LogP contribution in [0.5, 0.6) is 0 Å². The molecular weight excluding hydrogens is 184 g/mol. The number of benzene rings is 1. The van der Waals surface area contributed by atoms with Gasteiger partial charge in [-0.2, -0.15) is 0 Å². The molecule has 2 nitrogen and oxygen atoms in total. The van der Waals surface area contributed by atoms with E-state index in [2.05, 4.69) is 18.3 Å². The number of para-hydroxylation sites is 1. The van der Waals surface area contributed by atoms with Gasteiger partial charge in [-0.3, -0.25) is 0 Å². The Kier molecular flexibility index (Phi) is 2.77. The first kappa shape index (κ1) is 9.84. The van der Waals surface area contributed by atoms with E-state index < -0.39 is 0 Å². The number of allylic oxidation sites excluding steroid dienone is 3. The summed E-state index contributed by atoms with van der Waals surface area (Å²) in [6, 6.07) is 10.1. The van der Waals surface area contributed by atoms with E-state index >= 15 is 0 Å². The molecule has 2 heteroatoms. The lowest BCUT2D eigenvalue weighted by molar-refractivity contribution is 0.680. The van der Waals surface area contributed by atoms with Crippen molar-refractivity contribution in [3.05, 3.63) is 53.9 Å². The number of hydrogen-bond donors (Lipinski definition) is 2. The SMILES string of the molecule is CC1CC=CC(N)=C1Nc1ccccc1. The predicted octanol–water partition coefficient (Wildman–Crippen LogP) is 2.86. The monoisotopic (exact) mass is 200 g/mol. The first-order valence-electron chi connectivity index (χ1n) is 5.25. The van der Waals surface area contributed by atoms with E-state index in [4.69, 9.17) is 5.73 Å². The molecule has 1 aliphatic carbocycles. The van der Waals surface area contributed by atoms with Gasteiger partial charge in [-0.05, 0) is 24.6 Å². The molecule has 1 atom stereocenters. The minimum atomic E-state index is 0.468. The van der Waals surface area contributed by atoms with Gasteiger partial charge >= 0.3 is 0 Å². The van der Waals surface area contributed by atoms with Crippen molar-refractivity contribution in [2.45, 2.75) is 13.3 Å². The zero-order valence-electron chi connectivity index (χ0n) is 8.90. The Morgan fingerprint density at radius 2 is 2.00 bits per heavy atom. The van der Waals surface area contributed by atoms with Crippen molar-refractivity contribution in [3.63, 3.8) is 0 Å². The Labute approximate surface area is 90.5 Å². The van der Waals surface area contributed by atoms with Crippen LogP contribution in [-0.2, 0) is 0 Å². The average molecular weight is 200 g/mol. The van der Waals surface area contributed by atoms with Gasteiger partial charge in [-0.15, -0.1) is 0 Å². The Bertz CT molecular complexity index is 390. The van der Waals surface area contributed by atoms with Crippen LogP contribution < -0.4 is 11.1 Å². The summed E-state index contributed by atoms with van der Waals surface area (Å²) in [6.07, 6.45) is 5.15. The average Bonchev–Trinajstić information content (AvgIpc) is 2.25. The van der Waals surface area contributed by atoms with Crippen LogP contribution in [0.3, 0.4) is 0 Å². The fourth-order valence-corrected chi connectivity index (χ4v) is 1.76. The molecule has 1 aromatic carbocycles. The van der Waals surface area contributed by atoms with Crippen LogP contribution in [0.2, 0.25) is 0 Å². The molecule has 0 bridgehead atoms. The second kappa shape index (κ2) is 4.22. The van der Waals surface area contributed by atoms with E-state index in [1.807, 2.05) is 36.4 Å². The lowest BCUT2D eigenvalue weighted by Crippen LogP contribution is -2.17. The van der Waals surface area contributed by atoms with E-state index in [-0.39, 0.29) is 0 Å². The summed E-state index contributed by atoms with van der Waals surface area (Å²) >= 11 is 0. The number of nitrogens with two attached hydrogens (primary N) is 1. The highest BCUT2D eigenvalue weighted by Gasteiger charge is 2.13. The topological polar surface area (TPSA) is 38.0 Å². The van der Waals surface area contributed by atoms with Gasteiger partial charge in [0.25, 0.3) is 0 Å². The maximum Gasteiger partial charge on any atom is 0.0510 e. The van der Waals surface area contributed by atoms with E-state index in [1.54, 1.807) is 0 Å². The zero-order valence-corrected chi connectivity index (χ0v) is 8.90. The molecule has 0 heterocycles. The van der Waals surface area contributed by atoms with Crippen LogP contribution in [0, 0.1) is 5.92 Å². The second-order valence-corrected chi connectivity index (χ2v) is 3.90. The van der Waals surface area contributed by atoms with E-state index in [0.717, 1.165) is 23.5 Å². The molecule has 15 heavy (non-hydrogen) atoms. The van der Waals surface area contributed by atoms with Gasteiger partial charge in [0.2, 0.25) is 0 Å². The molecule has 1 aromatic rings. The third kappa shape index (κ3) is 2.21. The van der Waals surface area contributed by atoms with Crippen molar-refractivity contribution in [2.24, 2.45) is 11.7 Å². The van der Waals surface area contributed by atoms with E-state index in [9.17, 15) is 0 Å². The molecule has 0 saturated carbocycles. The summed E-state index contributed by atoms with van der Waals surface area (Å²) in [5.74, 6) is 0.468. The first-order valence-corrected chi connectivity index (χ1v) is 5.25. The normalized spacial score (nSPS) is 20.5. The molecular formula is C13H16N2. The summed E-state index contributed by atoms with van der Waals surface area (Å²) in [5.41, 5.74) is 9.02. The standard InChI is InChI=1S/C13H16N2/c1-10-6-5-9-12(14)13(10)15-11-7-3-2-4-8-11/h2-5,7-10,15H,6,14H2,1H3. The Balaban J connectivity index is 2.21. The lowest BCUT2D eigenvalue weighted by Gasteiger charge is -2.21. The van der Waals surface area contributed by atoms with E-state index in [1.165, 1.54) is 0 Å². The summed E-state index contributed by atoms with van der Waals surface area (Å²) in [5, 5.41) is 3.38. The third-order valence-corrected chi connectivity index (χ3v) is 2.64. The molecule has 1 aliphatic rings. The number of rotatable bonds is 2. The van der Waals surface area contributed by atoms with Crippen LogP contribution in [0.1, 0.15) is 13.3 Å². The maximum absolute atomic E-state index is 5.95. The Hall–Kier alpha value is -1.70. The summed E-state index contributed by atoms with van der Waals surface area (Å²) < 4.78 is 0. The van der Waals surface area contributed by atoms with Gasteiger partial charge < -0.3 is 11.1 Å². The van der Waals surface area contributed by atoms with Crippen LogP contribution >= 0.6 is 0 Å². The molecule has 1 unspecified atom stereocenters. The molecule has 0 saturated heterocycles. The second-order valence-electron chi connectivity index (χ2n) is 3.90. The number of nitrogens with one attached hydrogen (secondary N) is 1. The molecule has 0 spiro atoms. The van der Waals surface area contributed by atoms with Crippen molar-refractivity contribution in [3.8, 4) is 0 Å². The summed E-state index contributed by atoms with van der Waals surface area (Å²) in [4.78, 5) is 0. The maximum atomic E-state index is 5.95. The molecule has 0 aromatic heterocycles. The van der Waals surface area contributed by atoms with Crippen LogP contribution in [0.4, 0.5) is 5.69 Å². The van der Waals surface area contributed by atoms with Crippen molar-refractivity contribution in [1.82, 2.24) is 0 Å². The summed E-state index contributed by atoms with van der Waals surface area (Å²) in [6.45, 7) is 2.18. The van der Waals surface area contributed by atoms with Crippen molar-refractivity contribution >= 4 is 5.69 Å². The molecule has 78 valence electrons. The minimum Gasteiger partial charge on any atom is -0.397 e. The molecule has 2 rings (SSSR count). The van der Waals surface area contributed by atoms with Gasteiger partial charge in [-0.25, -0.2) is 0 Å². The van der Waals surface area contributed by atoms with E-state index in [0.29, 0.717) is 5.92 Å². The zero-order chi connectivity index (χ0) is 10.7. The number of anilines is 1. The van der Waals surface area contributed by atoms with Gasteiger partial charge in [-0.1, -0.05) is 31.2 Å². The van der Waals surface area contributed by atoms with Gasteiger partial charge in [0.1, 0.15) is 0 Å². The van der Waals surface area contributed by atoms with Gasteiger partial charge in [0.05, 0.1) is 5.70 Å². The summed E-state index contributed by atoms with van der Waals surface area (Å²) in [7, 11) is 0. The van der Waals surface area contributed by atoms with Crippen LogP contribution in [0.25, 0.3) is 0 Å². The first-order chi connectivity index (χ1) is 7.27. The highest BCUT2D eigenvalue weighted by molar-refractivity contribution is 5.50. The van der Waals surface area contributed by atoms with Crippen molar-refractivity contribution in [2.75, 3.05) is 5.32 Å². The molecule has 0 fully saturated rings. The fraction of sp³-hybridized carbons (Fsp3) is 0.231. The smallest absolute Gasteiger partial charge is 0.0510 e. The lowest BCUT2D eigenvalue weighted by atomic mass is 9.97. The quantitative estimate of drug-likeness (QED) is 0.770. The van der Waals surface area contributed by atoms with Crippen molar-refractivity contribution in [1.29, 1.82) is 0 Å². The predicted molar refractivity (Wildman–Crippen MR) is 64.2 cm³/mol. The fourth-order valence-electron chi connectivity index (χ4n) is 1.76. The third-order valence-electron chi connectivity index (χ3n) is 2.64. The highest BCUT2D eigenvalue weighted by Crippen LogP contribution is 2.24. The molecule has 0 aliphatic heterocycles. The molecule has 3 N–H and O–H groups in total. The van der Waals surface area contributed by atoms with Crippen LogP contribution in [0.15, 0.2) is 53.9 Å². The number of hydrogen-bond acceptors (Lipinski definition) is 2. The molecule has 0 amide bonds. The Morgan fingerprint density at radius 3 is 2.67 bits per heavy atom. The van der Waals surface area contributed by atoms with Crippen molar-refractivity contribution < 1.29 is 0 Å². The minimum absolute atomic E-state index is 0.468. The largest absolute Gasteiger partial charge is 0.397 e. The highest BCUT2D eigenvalue weighted by atomic mass is 14.9. The molecule has 0 radical (unpaired) electrons. The van der Waals surface area contributed by atoms with Crippen LogP contribution in [-0.4, -0.2) is 0 Å². The van der Waals surface area contributed by atoms with Gasteiger partial charge in [0, 0.05) is 17.3 Å². The van der Waals surface area contributed by atoms with Gasteiger partial charge in [0.15, 0.2) is 0 Å². The Morgan fingerprint density at radius 1 is 1.27 bits per heavy atom.